The van der Waals surface area contributed by atoms with E-state index in [9.17, 15) is 4.79 Å². The third-order valence-corrected chi connectivity index (χ3v) is 6.34. The Morgan fingerprint density at radius 2 is 1.80 bits per heavy atom. The lowest BCUT2D eigenvalue weighted by atomic mass is 10.1. The van der Waals surface area contributed by atoms with E-state index in [0.29, 0.717) is 49.3 Å². The quantitative estimate of drug-likeness (QED) is 0.0979. The zero-order valence-corrected chi connectivity index (χ0v) is 28.1. The fourth-order valence-electron chi connectivity index (χ4n) is 4.12. The van der Waals surface area contributed by atoms with Crippen LogP contribution in [0, 0.1) is 0 Å². The lowest BCUT2D eigenvalue weighted by molar-refractivity contribution is 0.0787. The number of hydrogen-bond acceptors (Lipinski definition) is 7. The van der Waals surface area contributed by atoms with E-state index in [2.05, 4.69) is 24.1 Å². The van der Waals surface area contributed by atoms with Crippen molar-refractivity contribution in [1.29, 1.82) is 0 Å². The molecule has 0 spiro atoms. The Kier molecular flexibility index (Phi) is 19.4. The molecule has 0 saturated heterocycles. The molecule has 8 heteroatoms. The standard InChI is InChI=1S/C34H46N2O6.C2H6/c1-8-10-13-28(22-26(3)31(39-6)12-9-2)25-42-32-16-15-27(23-33(32)40-7)14-11-19-36(4)34(37)30-24-29(17-18-35-30)41-21-20-38-5;1-2/h8,10,12-13,15-18,22-24H,9,11,14,19-21,25H2,1-7H3;1-2H3/b10-8-,26-22+,28-13+,31-12+;. The van der Waals surface area contributed by atoms with Gasteiger partial charge in [-0.1, -0.05) is 45.1 Å². The van der Waals surface area contributed by atoms with Crippen molar-refractivity contribution in [3.63, 3.8) is 0 Å². The second kappa shape index (κ2) is 22.5. The molecular weight excluding hydrogens is 556 g/mol. The van der Waals surface area contributed by atoms with E-state index in [1.54, 1.807) is 51.6 Å². The number of allylic oxidation sites excluding steroid dienone is 5. The number of aromatic nitrogens is 1. The highest BCUT2D eigenvalue weighted by molar-refractivity contribution is 5.92. The largest absolute Gasteiger partial charge is 0.497 e. The Morgan fingerprint density at radius 1 is 1.02 bits per heavy atom. The molecule has 0 aliphatic carbocycles. The maximum atomic E-state index is 12.9. The minimum Gasteiger partial charge on any atom is -0.497 e. The van der Waals surface area contributed by atoms with Gasteiger partial charge in [0.2, 0.25) is 0 Å². The van der Waals surface area contributed by atoms with Crippen LogP contribution in [-0.4, -0.2) is 70.5 Å². The molecule has 0 aliphatic heterocycles. The van der Waals surface area contributed by atoms with Crippen LogP contribution in [0.5, 0.6) is 17.2 Å². The van der Waals surface area contributed by atoms with Crippen molar-refractivity contribution in [2.45, 2.75) is 53.9 Å². The number of carbonyl (C=O) groups excluding carboxylic acids is 1. The summed E-state index contributed by atoms with van der Waals surface area (Å²) in [4.78, 5) is 18.8. The van der Waals surface area contributed by atoms with Crippen LogP contribution in [0.25, 0.3) is 0 Å². The normalized spacial score (nSPS) is 12.0. The second-order valence-electron chi connectivity index (χ2n) is 9.60. The topological polar surface area (TPSA) is 79.4 Å². The van der Waals surface area contributed by atoms with Gasteiger partial charge in [-0.05, 0) is 80.2 Å². The van der Waals surface area contributed by atoms with E-state index in [4.69, 9.17) is 23.7 Å². The fourth-order valence-corrected chi connectivity index (χ4v) is 4.12. The highest BCUT2D eigenvalue weighted by atomic mass is 16.5. The van der Waals surface area contributed by atoms with Gasteiger partial charge in [-0.25, -0.2) is 0 Å². The van der Waals surface area contributed by atoms with Crippen molar-refractivity contribution >= 4 is 5.91 Å². The van der Waals surface area contributed by atoms with Gasteiger partial charge in [-0.15, -0.1) is 0 Å². The van der Waals surface area contributed by atoms with E-state index < -0.39 is 0 Å². The first-order chi connectivity index (χ1) is 21.4. The minimum atomic E-state index is -0.151. The summed E-state index contributed by atoms with van der Waals surface area (Å²) in [7, 11) is 6.72. The molecule has 242 valence electrons. The van der Waals surface area contributed by atoms with Crippen LogP contribution < -0.4 is 14.2 Å². The van der Waals surface area contributed by atoms with Gasteiger partial charge in [-0.3, -0.25) is 9.78 Å². The molecule has 1 amide bonds. The average molecular weight is 609 g/mol. The van der Waals surface area contributed by atoms with Crippen molar-refractivity contribution in [3.05, 3.63) is 95.1 Å². The molecular formula is C36H52N2O6. The summed E-state index contributed by atoms with van der Waals surface area (Å²) in [5, 5.41) is 0. The number of methoxy groups -OCH3 is 3. The molecule has 0 aliphatic rings. The molecule has 2 rings (SSSR count). The van der Waals surface area contributed by atoms with Crippen LogP contribution in [0.2, 0.25) is 0 Å². The van der Waals surface area contributed by atoms with Crippen LogP contribution in [0.4, 0.5) is 0 Å². The predicted molar refractivity (Wildman–Crippen MR) is 179 cm³/mol. The Morgan fingerprint density at radius 3 is 2.45 bits per heavy atom. The molecule has 2 aromatic rings. The first-order valence-electron chi connectivity index (χ1n) is 15.2. The maximum absolute atomic E-state index is 12.9. The molecule has 8 nitrogen and oxygen atoms in total. The molecule has 1 aromatic heterocycles. The van der Waals surface area contributed by atoms with Gasteiger partial charge in [0.1, 0.15) is 30.4 Å². The van der Waals surface area contributed by atoms with Gasteiger partial charge in [-0.2, -0.15) is 0 Å². The number of aryl methyl sites for hydroxylation is 1. The maximum Gasteiger partial charge on any atom is 0.272 e. The number of nitrogens with zero attached hydrogens (tertiary/aromatic N) is 2. The van der Waals surface area contributed by atoms with Gasteiger partial charge >= 0.3 is 0 Å². The Labute approximate surface area is 265 Å². The van der Waals surface area contributed by atoms with E-state index in [1.165, 1.54) is 0 Å². The van der Waals surface area contributed by atoms with Crippen molar-refractivity contribution in [1.82, 2.24) is 9.88 Å². The summed E-state index contributed by atoms with van der Waals surface area (Å²) in [5.41, 5.74) is 3.48. The lowest BCUT2D eigenvalue weighted by Gasteiger charge is -2.17. The van der Waals surface area contributed by atoms with Gasteiger partial charge < -0.3 is 28.6 Å². The summed E-state index contributed by atoms with van der Waals surface area (Å²) in [6.07, 6.45) is 14.2. The number of pyridine rings is 1. The molecule has 1 aromatic carbocycles. The Balaban J connectivity index is 0.00000474. The number of carbonyl (C=O) groups is 1. The predicted octanol–water partition coefficient (Wildman–Crippen LogP) is 7.61. The van der Waals surface area contributed by atoms with Gasteiger partial charge in [0.15, 0.2) is 11.5 Å². The molecule has 0 saturated carbocycles. The van der Waals surface area contributed by atoms with Crippen molar-refractivity contribution in [2.24, 2.45) is 0 Å². The molecule has 0 radical (unpaired) electrons. The van der Waals surface area contributed by atoms with Gasteiger partial charge in [0.05, 0.1) is 20.8 Å². The number of ether oxygens (including phenoxy) is 5. The van der Waals surface area contributed by atoms with Crippen LogP contribution in [-0.2, 0) is 15.9 Å². The molecule has 0 fully saturated rings. The third-order valence-electron chi connectivity index (χ3n) is 6.34. The zero-order valence-electron chi connectivity index (χ0n) is 28.1. The molecule has 1 heterocycles. The summed E-state index contributed by atoms with van der Waals surface area (Å²) in [5.74, 6) is 2.64. The molecule has 44 heavy (non-hydrogen) atoms. The van der Waals surface area contributed by atoms with Gasteiger partial charge in [0, 0.05) is 33.0 Å². The smallest absolute Gasteiger partial charge is 0.272 e. The number of amides is 1. The zero-order chi connectivity index (χ0) is 32.7. The number of hydrogen-bond donors (Lipinski definition) is 0. The van der Waals surface area contributed by atoms with Crippen LogP contribution in [0.15, 0.2) is 83.8 Å². The second-order valence-corrected chi connectivity index (χ2v) is 9.60. The summed E-state index contributed by atoms with van der Waals surface area (Å²) >= 11 is 0. The lowest BCUT2D eigenvalue weighted by Crippen LogP contribution is -2.28. The Bertz CT molecular complexity index is 1250. The molecule has 0 N–H and O–H groups in total. The number of benzene rings is 1. The van der Waals surface area contributed by atoms with E-state index in [1.807, 2.05) is 64.1 Å². The van der Waals surface area contributed by atoms with Crippen molar-refractivity contribution in [2.75, 3.05) is 54.7 Å². The summed E-state index contributed by atoms with van der Waals surface area (Å²) in [6, 6.07) is 9.34. The third kappa shape index (κ3) is 13.5. The monoisotopic (exact) mass is 608 g/mol. The van der Waals surface area contributed by atoms with Crippen LogP contribution in [0.3, 0.4) is 0 Å². The first kappa shape index (κ1) is 38.0. The highest BCUT2D eigenvalue weighted by Crippen LogP contribution is 2.29. The fraction of sp³-hybridized carbons (Fsp3) is 0.444. The highest BCUT2D eigenvalue weighted by Gasteiger charge is 2.14. The molecule has 0 bridgehead atoms. The summed E-state index contributed by atoms with van der Waals surface area (Å²) in [6.45, 7) is 11.9. The molecule has 0 unspecified atom stereocenters. The van der Waals surface area contributed by atoms with Crippen LogP contribution >= 0.6 is 0 Å². The first-order valence-corrected chi connectivity index (χ1v) is 15.2. The van der Waals surface area contributed by atoms with Crippen molar-refractivity contribution < 1.29 is 28.5 Å². The van der Waals surface area contributed by atoms with Gasteiger partial charge in [0.25, 0.3) is 5.91 Å². The average Bonchev–Trinajstić information content (AvgIpc) is 3.05. The SMILES string of the molecule is CC.C\C=C/C=C(\C=C(C)\C(=C/CC)OC)COc1ccc(CCCN(C)C(=O)c2cc(OCCOC)ccn2)cc1OC. The van der Waals surface area contributed by atoms with E-state index >= 15 is 0 Å². The van der Waals surface area contributed by atoms with Crippen LogP contribution in [0.1, 0.15) is 63.5 Å². The minimum absolute atomic E-state index is 0.151. The number of rotatable bonds is 18. The summed E-state index contributed by atoms with van der Waals surface area (Å²) < 4.78 is 27.9. The van der Waals surface area contributed by atoms with E-state index in [-0.39, 0.29) is 5.91 Å². The Hall–Kier alpha value is -4.04. The van der Waals surface area contributed by atoms with E-state index in [0.717, 1.165) is 41.7 Å². The molecule has 0 atom stereocenters. The van der Waals surface area contributed by atoms with Crippen molar-refractivity contribution in [3.8, 4) is 17.2 Å².